The Morgan fingerprint density at radius 1 is 1.08 bits per heavy atom. The maximum Gasteiger partial charge on any atom is -0.412 e. The van der Waals surface area contributed by atoms with Crippen LogP contribution in [0.25, 0.3) is 0 Å². The monoisotopic (exact) mass is 273 g/mol. The van der Waals surface area contributed by atoms with Gasteiger partial charge in [0.25, 0.3) is 0 Å². The van der Waals surface area contributed by atoms with Gasteiger partial charge in [-0.15, -0.1) is 0 Å². The van der Waals surface area contributed by atoms with Gasteiger partial charge in [0.1, 0.15) is 0 Å². The molecule has 0 aliphatic heterocycles. The van der Waals surface area contributed by atoms with E-state index in [-0.39, 0.29) is 5.48 Å². The van der Waals surface area contributed by atoms with Gasteiger partial charge in [0, 0.05) is 0 Å². The predicted octanol–water partition coefficient (Wildman–Crippen LogP) is 1.60. The topological polar surface area (TPSA) is 31.5 Å². The van der Waals surface area contributed by atoms with Crippen LogP contribution in [-0.4, -0.2) is 25.2 Å². The summed E-state index contributed by atoms with van der Waals surface area (Å²) in [5.74, 6) is 0. The van der Waals surface area contributed by atoms with Crippen molar-refractivity contribution in [3.63, 3.8) is 0 Å². The van der Waals surface area contributed by atoms with Crippen molar-refractivity contribution in [2.75, 3.05) is 0 Å². The first-order valence-electron chi connectivity index (χ1n) is 4.10. The smallest absolute Gasteiger partial charge is 0.412 e. The molecule has 0 bridgehead atoms. The molecule has 0 aliphatic rings. The van der Waals surface area contributed by atoms with E-state index in [0.29, 0.717) is 0 Å². The van der Waals surface area contributed by atoms with Crippen LogP contribution in [0.1, 0.15) is 13.8 Å². The molecule has 1 rings (SSSR count). The van der Waals surface area contributed by atoms with Crippen molar-refractivity contribution < 1.29 is 5.48 Å². The molecule has 0 spiro atoms. The van der Waals surface area contributed by atoms with Crippen molar-refractivity contribution in [1.29, 1.82) is 0 Å². The maximum absolute atomic E-state index is 2.47. The van der Waals surface area contributed by atoms with Gasteiger partial charge in [-0.3, -0.25) is 0 Å². The molecule has 0 unspecified atom stereocenters. The molecule has 1 aromatic rings. The quantitative estimate of drug-likeness (QED) is 0.732. The summed E-state index contributed by atoms with van der Waals surface area (Å²) in [7, 11) is 0. The van der Waals surface area contributed by atoms with Gasteiger partial charge in [0.2, 0.25) is 0 Å². The van der Waals surface area contributed by atoms with E-state index in [4.69, 9.17) is 0 Å². The number of hydrogen-bond acceptors (Lipinski definition) is 0. The molecule has 1 aromatic carbocycles. The van der Waals surface area contributed by atoms with E-state index in [2.05, 4.69) is 49.1 Å². The zero-order valence-corrected chi connectivity index (χ0v) is 10.8. The molecule has 0 aliphatic carbocycles. The zero-order valence-electron chi connectivity index (χ0n) is 7.96. The fraction of sp³-hybridized carbons (Fsp3) is 0.400. The van der Waals surface area contributed by atoms with Gasteiger partial charge >= 0.3 is 76.4 Å². The van der Waals surface area contributed by atoms with Crippen LogP contribution in [0.2, 0.25) is 8.87 Å². The minimum atomic E-state index is -1.18. The average molecular weight is 272 g/mol. The number of rotatable bonds is 2. The summed E-state index contributed by atoms with van der Waals surface area (Å²) in [6.45, 7) is 4.70. The zero-order chi connectivity index (χ0) is 8.27. The van der Waals surface area contributed by atoms with Crippen LogP contribution in [0.5, 0.6) is 0 Å². The van der Waals surface area contributed by atoms with Crippen molar-refractivity contribution in [1.82, 2.24) is 0 Å². The molecule has 2 N–H and O–H groups in total. The normalized spacial score (nSPS) is 10.1. The van der Waals surface area contributed by atoms with E-state index in [1.54, 1.807) is 3.58 Å². The van der Waals surface area contributed by atoms with E-state index in [9.17, 15) is 0 Å². The summed E-state index contributed by atoms with van der Waals surface area (Å²) in [4.78, 5) is 2.47. The molecule has 0 fully saturated rings. The Kier molecular flexibility index (Phi) is 5.58. The summed E-state index contributed by atoms with van der Waals surface area (Å²) in [6.07, 6.45) is 0. The average Bonchev–Trinajstić information content (AvgIpc) is 2.05. The molecule has 67 valence electrons. The third-order valence-electron chi connectivity index (χ3n) is 2.10. The minimum absolute atomic E-state index is 0. The summed E-state index contributed by atoms with van der Waals surface area (Å²) < 4.78 is 2.57. The number of benzene rings is 1. The van der Waals surface area contributed by atoms with Crippen molar-refractivity contribution in [3.8, 4) is 0 Å². The molecule has 0 heterocycles. The summed E-state index contributed by atoms with van der Waals surface area (Å²) in [5.41, 5.74) is 0. The molecule has 0 aromatic heterocycles. The van der Waals surface area contributed by atoms with Crippen LogP contribution in [0.3, 0.4) is 0 Å². The first-order valence-corrected chi connectivity index (χ1v) is 10.0. The third kappa shape index (κ3) is 3.15. The van der Waals surface area contributed by atoms with Crippen LogP contribution in [0.15, 0.2) is 30.3 Å². The molecular formula is C10H17OSn. The van der Waals surface area contributed by atoms with Crippen molar-refractivity contribution in [2.45, 2.75) is 22.7 Å². The molecule has 0 saturated heterocycles. The number of hydrogen-bond donors (Lipinski definition) is 0. The Balaban J connectivity index is 0.00000121. The SMILES string of the molecule is C[CH](C)[Sn]([CH3])[c]1ccccc1.O. The third-order valence-corrected chi connectivity index (χ3v) is 10.6. The maximum atomic E-state index is 2.47. The molecule has 1 radical (unpaired) electrons. The largest absolute Gasteiger partial charge is 0.412 e. The van der Waals surface area contributed by atoms with Crippen LogP contribution in [0.4, 0.5) is 0 Å². The summed E-state index contributed by atoms with van der Waals surface area (Å²) in [6, 6.07) is 11.0. The Bertz CT molecular complexity index is 208. The Morgan fingerprint density at radius 3 is 2.00 bits per heavy atom. The summed E-state index contributed by atoms with van der Waals surface area (Å²) >= 11 is -1.18. The first kappa shape index (κ1) is 12.0. The second-order valence-electron chi connectivity index (χ2n) is 3.20. The van der Waals surface area contributed by atoms with Gasteiger partial charge in [-0.05, 0) is 0 Å². The molecule has 0 atom stereocenters. The fourth-order valence-corrected chi connectivity index (χ4v) is 4.99. The molecule has 1 nitrogen and oxygen atoms in total. The van der Waals surface area contributed by atoms with Gasteiger partial charge in [0.15, 0.2) is 0 Å². The van der Waals surface area contributed by atoms with Crippen molar-refractivity contribution in [2.24, 2.45) is 0 Å². The van der Waals surface area contributed by atoms with Crippen molar-refractivity contribution >= 4 is 23.3 Å². The van der Waals surface area contributed by atoms with Gasteiger partial charge in [-0.1, -0.05) is 0 Å². The van der Waals surface area contributed by atoms with E-state index >= 15 is 0 Å². The Hall–Kier alpha value is -0.0213. The van der Waals surface area contributed by atoms with Crippen LogP contribution < -0.4 is 3.58 Å². The first-order chi connectivity index (χ1) is 5.22. The molecule has 2 heteroatoms. The molecular weight excluding hydrogens is 255 g/mol. The van der Waals surface area contributed by atoms with Crippen LogP contribution >= 0.6 is 0 Å². The predicted molar refractivity (Wildman–Crippen MR) is 56.4 cm³/mol. The van der Waals surface area contributed by atoms with Crippen molar-refractivity contribution in [3.05, 3.63) is 30.3 Å². The second-order valence-corrected chi connectivity index (χ2v) is 12.0. The molecule has 12 heavy (non-hydrogen) atoms. The van der Waals surface area contributed by atoms with Gasteiger partial charge in [-0.25, -0.2) is 0 Å². The van der Waals surface area contributed by atoms with Crippen LogP contribution in [-0.2, 0) is 0 Å². The minimum Gasteiger partial charge on any atom is -0.412 e. The van der Waals surface area contributed by atoms with E-state index in [1.807, 2.05) is 0 Å². The Morgan fingerprint density at radius 2 is 1.58 bits per heavy atom. The van der Waals surface area contributed by atoms with Gasteiger partial charge in [-0.2, -0.15) is 0 Å². The standard InChI is InChI=1S/C6H5.C3H7.CH3.H2O.Sn/c1-2-4-6-5-3-1;1-3-2;;;/h1-5H;3H,1-2H3;1H3;1H2;. The van der Waals surface area contributed by atoms with E-state index in [0.717, 1.165) is 3.93 Å². The van der Waals surface area contributed by atoms with Gasteiger partial charge < -0.3 is 5.48 Å². The van der Waals surface area contributed by atoms with Gasteiger partial charge in [0.05, 0.1) is 0 Å². The van der Waals surface area contributed by atoms with Crippen LogP contribution in [0, 0.1) is 0 Å². The fourth-order valence-electron chi connectivity index (χ4n) is 1.03. The second kappa shape index (κ2) is 5.59. The molecule has 0 amide bonds. The molecule has 0 saturated carbocycles. The summed E-state index contributed by atoms with van der Waals surface area (Å²) in [5, 5.41) is 0. The van der Waals surface area contributed by atoms with E-state index in [1.165, 1.54) is 0 Å². The Labute approximate surface area is 81.9 Å². The van der Waals surface area contributed by atoms with E-state index < -0.39 is 19.8 Å².